The van der Waals surface area contributed by atoms with Gasteiger partial charge in [0.25, 0.3) is 0 Å². The molecule has 9 nitrogen and oxygen atoms in total. The van der Waals surface area contributed by atoms with Crippen LogP contribution < -0.4 is 14.2 Å². The van der Waals surface area contributed by atoms with Gasteiger partial charge in [0.05, 0.1) is 18.8 Å². The van der Waals surface area contributed by atoms with Gasteiger partial charge in [-0.1, -0.05) is 45.6 Å². The molecule has 0 radical (unpaired) electrons. The van der Waals surface area contributed by atoms with Crippen molar-refractivity contribution in [3.63, 3.8) is 0 Å². The van der Waals surface area contributed by atoms with Gasteiger partial charge in [-0.25, -0.2) is 19.2 Å². The highest BCUT2D eigenvalue weighted by atomic mass is 16.7. The molecule has 0 N–H and O–H groups in total. The molecule has 0 amide bonds. The number of unbranched alkanes of at least 4 members (excludes halogenated alkanes) is 1. The van der Waals surface area contributed by atoms with Gasteiger partial charge in [0.2, 0.25) is 0 Å². The highest BCUT2D eigenvalue weighted by molar-refractivity contribution is 5.97. The summed E-state index contributed by atoms with van der Waals surface area (Å²) in [6, 6.07) is 15.9. The van der Waals surface area contributed by atoms with Gasteiger partial charge in [-0.2, -0.15) is 0 Å². The summed E-state index contributed by atoms with van der Waals surface area (Å²) < 4.78 is 25.6. The molecule has 3 aromatic rings. The number of carbonyl (C=O) groups excluding carboxylic acids is 4. The Morgan fingerprint density at radius 3 is 1.88 bits per heavy atom. The lowest BCUT2D eigenvalue weighted by Crippen LogP contribution is -2.12. The van der Waals surface area contributed by atoms with E-state index >= 15 is 0 Å². The SMILES string of the molecule is C=CC(=O)OCCCCOC(=O)Oc1ccc2cc(C(=O)Oc3ccc(OC(=O)C(=C)C)cc3)ccc2c1.CCC. The maximum Gasteiger partial charge on any atom is 0.513 e. The first-order chi connectivity index (χ1) is 19.7. The fourth-order valence-electron chi connectivity index (χ4n) is 3.07. The van der Waals surface area contributed by atoms with Crippen LogP contribution in [0.1, 0.15) is 50.4 Å². The van der Waals surface area contributed by atoms with Crippen LogP contribution in [0.4, 0.5) is 4.79 Å². The van der Waals surface area contributed by atoms with E-state index in [9.17, 15) is 19.2 Å². The Morgan fingerprint density at radius 2 is 1.27 bits per heavy atom. The number of rotatable bonds is 11. The fourth-order valence-corrected chi connectivity index (χ4v) is 3.07. The van der Waals surface area contributed by atoms with E-state index in [-0.39, 0.29) is 30.3 Å². The maximum atomic E-state index is 12.6. The smallest absolute Gasteiger partial charge is 0.463 e. The summed E-state index contributed by atoms with van der Waals surface area (Å²) in [5.74, 6) is -0.744. The molecule has 9 heteroatoms. The Bertz CT molecular complexity index is 1370. The number of carbonyl (C=O) groups is 4. The number of ether oxygens (including phenoxy) is 5. The topological polar surface area (TPSA) is 114 Å². The van der Waals surface area contributed by atoms with Crippen molar-refractivity contribution in [2.75, 3.05) is 13.2 Å². The number of esters is 3. The average molecular weight is 563 g/mol. The van der Waals surface area contributed by atoms with E-state index in [1.807, 2.05) is 0 Å². The largest absolute Gasteiger partial charge is 0.513 e. The van der Waals surface area contributed by atoms with Gasteiger partial charge in [0.15, 0.2) is 0 Å². The van der Waals surface area contributed by atoms with Gasteiger partial charge in [-0.05, 0) is 79.1 Å². The first-order valence-electron chi connectivity index (χ1n) is 13.0. The van der Waals surface area contributed by atoms with E-state index in [1.165, 1.54) is 30.7 Å². The molecule has 0 fully saturated rings. The molecule has 0 aliphatic rings. The quantitative estimate of drug-likeness (QED) is 0.0802. The third-order valence-electron chi connectivity index (χ3n) is 5.01. The van der Waals surface area contributed by atoms with E-state index in [4.69, 9.17) is 23.7 Å². The Kier molecular flexibility index (Phi) is 13.3. The third-order valence-corrected chi connectivity index (χ3v) is 5.01. The molecule has 0 saturated heterocycles. The van der Waals surface area contributed by atoms with Crippen LogP contribution in [0, 0.1) is 0 Å². The lowest BCUT2D eigenvalue weighted by Gasteiger charge is -2.09. The second-order valence-corrected chi connectivity index (χ2v) is 8.74. The molecule has 0 aliphatic carbocycles. The Labute approximate surface area is 239 Å². The van der Waals surface area contributed by atoms with E-state index in [2.05, 4.69) is 27.0 Å². The van der Waals surface area contributed by atoms with Crippen molar-refractivity contribution in [3.8, 4) is 17.2 Å². The van der Waals surface area contributed by atoms with Crippen molar-refractivity contribution in [1.29, 1.82) is 0 Å². The van der Waals surface area contributed by atoms with Crippen molar-refractivity contribution in [1.82, 2.24) is 0 Å². The number of hydrogen-bond acceptors (Lipinski definition) is 9. The summed E-state index contributed by atoms with van der Waals surface area (Å²) in [6.07, 6.45) is 2.51. The number of benzene rings is 3. The molecule has 0 atom stereocenters. The first kappa shape index (κ1) is 32.3. The zero-order valence-corrected chi connectivity index (χ0v) is 23.5. The van der Waals surface area contributed by atoms with Crippen molar-refractivity contribution in [2.45, 2.75) is 40.0 Å². The van der Waals surface area contributed by atoms with Crippen molar-refractivity contribution in [3.05, 3.63) is 91.0 Å². The van der Waals surface area contributed by atoms with Crippen molar-refractivity contribution in [2.24, 2.45) is 0 Å². The van der Waals surface area contributed by atoms with E-state index < -0.39 is 24.1 Å². The van der Waals surface area contributed by atoms with Crippen molar-refractivity contribution >= 4 is 34.8 Å². The molecule has 0 saturated carbocycles. The highest BCUT2D eigenvalue weighted by Crippen LogP contribution is 2.24. The molecule has 0 bridgehead atoms. The second kappa shape index (κ2) is 16.9. The Hall–Kier alpha value is -4.92. The van der Waals surface area contributed by atoms with Crippen LogP contribution in [0.25, 0.3) is 10.8 Å². The maximum absolute atomic E-state index is 12.6. The summed E-state index contributed by atoms with van der Waals surface area (Å²) in [4.78, 5) is 47.1. The Morgan fingerprint density at radius 1 is 0.732 bits per heavy atom. The van der Waals surface area contributed by atoms with Crippen LogP contribution in [0.15, 0.2) is 85.5 Å². The monoisotopic (exact) mass is 562 g/mol. The predicted octanol–water partition coefficient (Wildman–Crippen LogP) is 6.98. The zero-order chi connectivity index (χ0) is 30.2. The van der Waals surface area contributed by atoms with Crippen LogP contribution in [-0.4, -0.2) is 37.3 Å². The molecule has 0 spiro atoms. The van der Waals surface area contributed by atoms with E-state index in [0.29, 0.717) is 24.2 Å². The minimum absolute atomic E-state index is 0.117. The summed E-state index contributed by atoms with van der Waals surface area (Å²) in [5.41, 5.74) is 0.593. The summed E-state index contributed by atoms with van der Waals surface area (Å²) >= 11 is 0. The number of hydrogen-bond donors (Lipinski definition) is 0. The van der Waals surface area contributed by atoms with E-state index in [0.717, 1.165) is 16.8 Å². The third kappa shape index (κ3) is 11.4. The molecule has 3 aromatic carbocycles. The molecule has 41 heavy (non-hydrogen) atoms. The lowest BCUT2D eigenvalue weighted by atomic mass is 10.1. The molecule has 3 rings (SSSR count). The van der Waals surface area contributed by atoms with Gasteiger partial charge in [0, 0.05) is 11.6 Å². The fraction of sp³-hybridized carbons (Fsp3) is 0.250. The average Bonchev–Trinajstić information content (AvgIpc) is 2.95. The summed E-state index contributed by atoms with van der Waals surface area (Å²) in [7, 11) is 0. The van der Waals surface area contributed by atoms with Crippen LogP contribution in [0.2, 0.25) is 0 Å². The summed E-state index contributed by atoms with van der Waals surface area (Å²) in [5, 5.41) is 1.47. The van der Waals surface area contributed by atoms with E-state index in [1.54, 1.807) is 43.3 Å². The van der Waals surface area contributed by atoms with Gasteiger partial charge < -0.3 is 23.7 Å². The zero-order valence-electron chi connectivity index (χ0n) is 23.5. The minimum Gasteiger partial charge on any atom is -0.463 e. The Balaban J connectivity index is 0.00000187. The second-order valence-electron chi connectivity index (χ2n) is 8.74. The van der Waals surface area contributed by atoms with Crippen LogP contribution >= 0.6 is 0 Å². The predicted molar refractivity (Wildman–Crippen MR) is 154 cm³/mol. The normalized spacial score (nSPS) is 9.93. The van der Waals surface area contributed by atoms with Crippen LogP contribution in [0.5, 0.6) is 17.2 Å². The van der Waals surface area contributed by atoms with Crippen LogP contribution in [-0.2, 0) is 19.1 Å². The molecule has 0 aromatic heterocycles. The minimum atomic E-state index is -0.854. The van der Waals surface area contributed by atoms with Crippen LogP contribution in [0.3, 0.4) is 0 Å². The van der Waals surface area contributed by atoms with Gasteiger partial charge >= 0.3 is 24.1 Å². The standard InChI is InChI=1S/C29H26O9.C3H8/c1-4-26(30)34-15-5-6-16-35-29(33)38-25-10-9-20-17-22(8-7-21(20)18-25)28(32)37-24-13-11-23(12-14-24)36-27(31)19(2)3;1-3-2/h4,7-14,17-18H,1-2,5-6,15-16H2,3H3;3H2,1-2H3. The first-order valence-corrected chi connectivity index (χ1v) is 13.0. The molecule has 0 unspecified atom stereocenters. The molecular formula is C32H34O9. The summed E-state index contributed by atoms with van der Waals surface area (Å²) in [6.45, 7) is 12.9. The highest BCUT2D eigenvalue weighted by Gasteiger charge is 2.12. The number of fused-ring (bicyclic) bond motifs is 1. The molecule has 216 valence electrons. The molecular weight excluding hydrogens is 528 g/mol. The lowest BCUT2D eigenvalue weighted by molar-refractivity contribution is -0.138. The van der Waals surface area contributed by atoms with Gasteiger partial charge in [-0.3, -0.25) is 0 Å². The van der Waals surface area contributed by atoms with Gasteiger partial charge in [0.1, 0.15) is 17.2 Å². The van der Waals surface area contributed by atoms with Gasteiger partial charge in [-0.15, -0.1) is 0 Å². The molecule has 0 aliphatic heterocycles. The molecule has 0 heterocycles. The van der Waals surface area contributed by atoms with Crippen molar-refractivity contribution < 1.29 is 42.9 Å².